The molecule has 0 bridgehead atoms. The SMILES string of the molecule is O=C(NCc1ccc(-n2cncn2)nc1)c1cccc(F)c1. The summed E-state index contributed by atoms with van der Waals surface area (Å²) in [7, 11) is 0. The van der Waals surface area contributed by atoms with Gasteiger partial charge in [-0.05, 0) is 29.8 Å². The van der Waals surface area contributed by atoms with Crippen LogP contribution in [0.15, 0.2) is 55.2 Å². The van der Waals surface area contributed by atoms with Gasteiger partial charge in [-0.25, -0.2) is 19.0 Å². The van der Waals surface area contributed by atoms with Crippen molar-refractivity contribution >= 4 is 5.91 Å². The maximum atomic E-state index is 13.1. The van der Waals surface area contributed by atoms with Crippen molar-refractivity contribution < 1.29 is 9.18 Å². The molecule has 0 saturated carbocycles. The van der Waals surface area contributed by atoms with Gasteiger partial charge in [0.1, 0.15) is 18.5 Å². The molecule has 3 rings (SSSR count). The third kappa shape index (κ3) is 3.14. The minimum absolute atomic E-state index is 0.284. The Bertz CT molecular complexity index is 771. The second kappa shape index (κ2) is 6.13. The van der Waals surface area contributed by atoms with E-state index < -0.39 is 5.82 Å². The van der Waals surface area contributed by atoms with E-state index in [9.17, 15) is 9.18 Å². The van der Waals surface area contributed by atoms with Crippen LogP contribution in [-0.4, -0.2) is 25.7 Å². The van der Waals surface area contributed by atoms with Gasteiger partial charge >= 0.3 is 0 Å². The fourth-order valence-corrected chi connectivity index (χ4v) is 1.90. The molecule has 7 heteroatoms. The van der Waals surface area contributed by atoms with Crippen LogP contribution < -0.4 is 5.32 Å². The molecule has 0 spiro atoms. The number of halogens is 1. The van der Waals surface area contributed by atoms with Crippen molar-refractivity contribution in [2.24, 2.45) is 0 Å². The number of nitrogens with zero attached hydrogens (tertiary/aromatic N) is 4. The lowest BCUT2D eigenvalue weighted by Crippen LogP contribution is -2.23. The third-order valence-electron chi connectivity index (χ3n) is 3.00. The topological polar surface area (TPSA) is 72.7 Å². The Kier molecular flexibility index (Phi) is 3.86. The van der Waals surface area contributed by atoms with Gasteiger partial charge in [0, 0.05) is 18.3 Å². The lowest BCUT2D eigenvalue weighted by molar-refractivity contribution is 0.0950. The zero-order valence-corrected chi connectivity index (χ0v) is 11.5. The van der Waals surface area contributed by atoms with E-state index in [-0.39, 0.29) is 11.5 Å². The summed E-state index contributed by atoms with van der Waals surface area (Å²) in [5, 5.41) is 6.69. The number of hydrogen-bond acceptors (Lipinski definition) is 4. The van der Waals surface area contributed by atoms with Crippen LogP contribution in [0, 0.1) is 5.82 Å². The second-order valence-electron chi connectivity index (χ2n) is 4.56. The van der Waals surface area contributed by atoms with Gasteiger partial charge in [-0.1, -0.05) is 12.1 Å². The molecule has 1 amide bonds. The molecular formula is C15H12FN5O. The average molecular weight is 297 g/mol. The molecule has 3 aromatic rings. The first kappa shape index (κ1) is 13.9. The summed E-state index contributed by atoms with van der Waals surface area (Å²) in [6.45, 7) is 0.306. The van der Waals surface area contributed by atoms with E-state index >= 15 is 0 Å². The molecule has 110 valence electrons. The molecule has 0 fully saturated rings. The number of hydrogen-bond donors (Lipinski definition) is 1. The maximum absolute atomic E-state index is 13.1. The van der Waals surface area contributed by atoms with Crippen LogP contribution in [0.4, 0.5) is 4.39 Å². The molecule has 0 saturated heterocycles. The number of benzene rings is 1. The highest BCUT2D eigenvalue weighted by molar-refractivity contribution is 5.94. The fraction of sp³-hybridized carbons (Fsp3) is 0.0667. The van der Waals surface area contributed by atoms with Crippen molar-refractivity contribution in [1.82, 2.24) is 25.1 Å². The first-order valence-corrected chi connectivity index (χ1v) is 6.56. The van der Waals surface area contributed by atoms with Gasteiger partial charge in [0.15, 0.2) is 5.82 Å². The van der Waals surface area contributed by atoms with Gasteiger partial charge in [0.25, 0.3) is 5.91 Å². The predicted octanol–water partition coefficient (Wildman–Crippen LogP) is 1.73. The van der Waals surface area contributed by atoms with E-state index in [1.807, 2.05) is 6.07 Å². The highest BCUT2D eigenvalue weighted by atomic mass is 19.1. The molecule has 22 heavy (non-hydrogen) atoms. The largest absolute Gasteiger partial charge is 0.348 e. The van der Waals surface area contributed by atoms with Crippen LogP contribution in [0.5, 0.6) is 0 Å². The van der Waals surface area contributed by atoms with Crippen LogP contribution in [-0.2, 0) is 6.54 Å². The van der Waals surface area contributed by atoms with Crippen LogP contribution in [0.3, 0.4) is 0 Å². The summed E-state index contributed by atoms with van der Waals surface area (Å²) in [6, 6.07) is 9.16. The Morgan fingerprint density at radius 3 is 2.86 bits per heavy atom. The Hall–Kier alpha value is -3.09. The molecule has 0 aliphatic heterocycles. The van der Waals surface area contributed by atoms with E-state index in [0.29, 0.717) is 12.4 Å². The molecule has 1 aromatic carbocycles. The van der Waals surface area contributed by atoms with Gasteiger partial charge < -0.3 is 5.32 Å². The van der Waals surface area contributed by atoms with Crippen molar-refractivity contribution in [2.75, 3.05) is 0 Å². The van der Waals surface area contributed by atoms with Gasteiger partial charge in [-0.2, -0.15) is 5.10 Å². The Morgan fingerprint density at radius 1 is 1.27 bits per heavy atom. The van der Waals surface area contributed by atoms with Crippen molar-refractivity contribution in [3.8, 4) is 5.82 Å². The number of amides is 1. The molecular weight excluding hydrogens is 285 g/mol. The highest BCUT2D eigenvalue weighted by Gasteiger charge is 2.06. The van der Waals surface area contributed by atoms with Crippen molar-refractivity contribution in [3.63, 3.8) is 0 Å². The second-order valence-corrected chi connectivity index (χ2v) is 4.56. The first-order valence-electron chi connectivity index (χ1n) is 6.56. The van der Waals surface area contributed by atoms with Crippen molar-refractivity contribution in [2.45, 2.75) is 6.54 Å². The van der Waals surface area contributed by atoms with Gasteiger partial charge in [0.2, 0.25) is 0 Å². The summed E-state index contributed by atoms with van der Waals surface area (Å²) in [5.41, 5.74) is 1.11. The van der Waals surface area contributed by atoms with Crippen LogP contribution >= 0.6 is 0 Å². The number of aromatic nitrogens is 4. The first-order chi connectivity index (χ1) is 10.7. The third-order valence-corrected chi connectivity index (χ3v) is 3.00. The number of nitrogens with one attached hydrogen (secondary N) is 1. The maximum Gasteiger partial charge on any atom is 0.251 e. The van der Waals surface area contributed by atoms with Crippen LogP contribution in [0.25, 0.3) is 5.82 Å². The normalized spacial score (nSPS) is 10.4. The quantitative estimate of drug-likeness (QED) is 0.796. The summed E-state index contributed by atoms with van der Waals surface area (Å²) in [5.74, 6) is -0.135. The predicted molar refractivity (Wildman–Crippen MR) is 76.7 cm³/mol. The van der Waals surface area contributed by atoms with Crippen molar-refractivity contribution in [1.29, 1.82) is 0 Å². The van der Waals surface area contributed by atoms with E-state index in [4.69, 9.17) is 0 Å². The number of pyridine rings is 1. The van der Waals surface area contributed by atoms with Crippen LogP contribution in [0.1, 0.15) is 15.9 Å². The molecule has 1 N–H and O–H groups in total. The zero-order chi connectivity index (χ0) is 15.4. The molecule has 0 atom stereocenters. The van der Waals surface area contributed by atoms with E-state index in [1.54, 1.807) is 24.7 Å². The smallest absolute Gasteiger partial charge is 0.251 e. The lowest BCUT2D eigenvalue weighted by Gasteiger charge is -2.06. The Balaban J connectivity index is 1.63. The Labute approximate surface area is 125 Å². The number of rotatable bonds is 4. The molecule has 2 heterocycles. The average Bonchev–Trinajstić information content (AvgIpc) is 3.07. The van der Waals surface area contributed by atoms with Gasteiger partial charge in [0.05, 0.1) is 0 Å². The minimum Gasteiger partial charge on any atom is -0.348 e. The standard InChI is InChI=1S/C15H12FN5O/c16-13-3-1-2-12(6-13)15(22)19-8-11-4-5-14(18-7-11)21-10-17-9-20-21/h1-7,9-10H,8H2,(H,19,22). The number of carbonyl (C=O) groups is 1. The van der Waals surface area contributed by atoms with E-state index in [1.165, 1.54) is 29.2 Å². The lowest BCUT2D eigenvalue weighted by atomic mass is 10.2. The summed E-state index contributed by atoms with van der Waals surface area (Å²) in [4.78, 5) is 20.0. The summed E-state index contributed by atoms with van der Waals surface area (Å²) >= 11 is 0. The Morgan fingerprint density at radius 2 is 2.18 bits per heavy atom. The molecule has 0 aliphatic rings. The molecule has 6 nitrogen and oxygen atoms in total. The van der Waals surface area contributed by atoms with Gasteiger partial charge in [-0.3, -0.25) is 4.79 Å². The number of carbonyl (C=O) groups excluding carboxylic acids is 1. The summed E-state index contributed by atoms with van der Waals surface area (Å²) in [6.07, 6.45) is 4.62. The minimum atomic E-state index is -0.438. The zero-order valence-electron chi connectivity index (χ0n) is 11.5. The van der Waals surface area contributed by atoms with E-state index in [0.717, 1.165) is 5.56 Å². The molecule has 0 unspecified atom stereocenters. The highest BCUT2D eigenvalue weighted by Crippen LogP contribution is 2.06. The van der Waals surface area contributed by atoms with Crippen LogP contribution in [0.2, 0.25) is 0 Å². The summed E-state index contributed by atoms with van der Waals surface area (Å²) < 4.78 is 14.6. The monoisotopic (exact) mass is 297 g/mol. The fourth-order valence-electron chi connectivity index (χ4n) is 1.90. The van der Waals surface area contributed by atoms with E-state index in [2.05, 4.69) is 20.4 Å². The molecule has 0 radical (unpaired) electrons. The van der Waals surface area contributed by atoms with Gasteiger partial charge in [-0.15, -0.1) is 0 Å². The molecule has 0 aliphatic carbocycles. The van der Waals surface area contributed by atoms with Crippen molar-refractivity contribution in [3.05, 3.63) is 72.2 Å². The molecule has 2 aromatic heterocycles.